The molecule has 0 aliphatic carbocycles. The van der Waals surface area contributed by atoms with Crippen LogP contribution in [0, 0.1) is 6.92 Å². The number of allylic oxidation sites excluding steroid dienone is 1. The fourth-order valence-corrected chi connectivity index (χ4v) is 4.38. The first-order chi connectivity index (χ1) is 16.2. The summed E-state index contributed by atoms with van der Waals surface area (Å²) in [6.45, 7) is 13.7. The van der Waals surface area contributed by atoms with E-state index < -0.39 is 10.1 Å². The van der Waals surface area contributed by atoms with Crippen LogP contribution in [0.5, 0.6) is 0 Å². The van der Waals surface area contributed by atoms with Gasteiger partial charge >= 0.3 is 0 Å². The highest BCUT2D eigenvalue weighted by Gasteiger charge is 2.20. The number of hydrogen-bond donors (Lipinski definition) is 0. The summed E-state index contributed by atoms with van der Waals surface area (Å²) in [5.41, 5.74) is 2.26. The number of rotatable bonds is 13. The van der Waals surface area contributed by atoms with Crippen LogP contribution in [0.4, 0.5) is 0 Å². The maximum absolute atomic E-state index is 10.4. The van der Waals surface area contributed by atoms with Crippen molar-refractivity contribution in [3.63, 3.8) is 0 Å². The zero-order valence-electron chi connectivity index (χ0n) is 21.3. The SMILES string of the molecule is CCCCCCC[N+](CC)(CC)C/C=C/Cc1ccc(Cl)cc1.Cc1ccc(S(=O)(=O)[O-])cc1. The lowest BCUT2D eigenvalue weighted by Gasteiger charge is -2.36. The Morgan fingerprint density at radius 2 is 1.44 bits per heavy atom. The van der Waals surface area contributed by atoms with Crippen molar-refractivity contribution in [3.05, 3.63) is 76.8 Å². The summed E-state index contributed by atoms with van der Waals surface area (Å²) in [6, 6.07) is 14.0. The van der Waals surface area contributed by atoms with Gasteiger partial charge in [-0.05, 0) is 75.9 Å². The zero-order valence-corrected chi connectivity index (χ0v) is 22.9. The van der Waals surface area contributed by atoms with Crippen molar-refractivity contribution in [1.82, 2.24) is 0 Å². The maximum Gasteiger partial charge on any atom is 0.124 e. The van der Waals surface area contributed by atoms with E-state index in [1.54, 1.807) is 12.1 Å². The second-order valence-corrected chi connectivity index (χ2v) is 10.7. The summed E-state index contributed by atoms with van der Waals surface area (Å²) in [4.78, 5) is -0.178. The fraction of sp³-hybridized carbons (Fsp3) is 0.500. The van der Waals surface area contributed by atoms with Crippen LogP contribution in [0.1, 0.15) is 64.0 Å². The number of aryl methyl sites for hydroxylation is 1. The lowest BCUT2D eigenvalue weighted by atomic mass is 10.1. The quantitative estimate of drug-likeness (QED) is 0.125. The van der Waals surface area contributed by atoms with Crippen molar-refractivity contribution in [3.8, 4) is 0 Å². The zero-order chi connectivity index (χ0) is 25.5. The Morgan fingerprint density at radius 1 is 0.853 bits per heavy atom. The fourth-order valence-electron chi connectivity index (χ4n) is 3.78. The van der Waals surface area contributed by atoms with E-state index in [4.69, 9.17) is 11.6 Å². The Bertz CT molecular complexity index is 935. The van der Waals surface area contributed by atoms with Crippen LogP contribution in [0.3, 0.4) is 0 Å². The minimum Gasteiger partial charge on any atom is -0.744 e. The molecule has 4 nitrogen and oxygen atoms in total. The first-order valence-electron chi connectivity index (χ1n) is 12.4. The number of benzene rings is 2. The van der Waals surface area contributed by atoms with Gasteiger partial charge in [0.15, 0.2) is 0 Å². The Hall–Kier alpha value is -1.66. The predicted octanol–water partition coefficient (Wildman–Crippen LogP) is 7.16. The first kappa shape index (κ1) is 30.4. The van der Waals surface area contributed by atoms with Gasteiger partial charge in [0, 0.05) is 5.02 Å². The minimum atomic E-state index is -4.27. The molecule has 0 aliphatic rings. The van der Waals surface area contributed by atoms with Gasteiger partial charge in [0.05, 0.1) is 31.1 Å². The average molecular weight is 508 g/mol. The van der Waals surface area contributed by atoms with Gasteiger partial charge in [-0.15, -0.1) is 0 Å². The van der Waals surface area contributed by atoms with Crippen molar-refractivity contribution in [2.45, 2.75) is 71.1 Å². The molecule has 0 aliphatic heterocycles. The topological polar surface area (TPSA) is 57.2 Å². The van der Waals surface area contributed by atoms with E-state index in [1.807, 2.05) is 19.1 Å². The summed E-state index contributed by atoms with van der Waals surface area (Å²) in [5.74, 6) is 0. The van der Waals surface area contributed by atoms with Crippen LogP contribution >= 0.6 is 11.6 Å². The van der Waals surface area contributed by atoms with Crippen LogP contribution in [-0.4, -0.2) is 43.6 Å². The van der Waals surface area contributed by atoms with E-state index in [0.29, 0.717) is 0 Å². The summed E-state index contributed by atoms with van der Waals surface area (Å²) in [6.07, 6.45) is 12.6. The summed E-state index contributed by atoms with van der Waals surface area (Å²) in [5, 5.41) is 0.813. The molecule has 0 spiro atoms. The molecule has 0 amide bonds. The van der Waals surface area contributed by atoms with Gasteiger partial charge < -0.3 is 9.04 Å². The molecule has 0 heterocycles. The van der Waals surface area contributed by atoms with Crippen LogP contribution in [0.15, 0.2) is 65.6 Å². The molecule has 0 atom stereocenters. The van der Waals surface area contributed by atoms with Crippen LogP contribution in [0.2, 0.25) is 5.02 Å². The van der Waals surface area contributed by atoms with Gasteiger partial charge in [0.1, 0.15) is 10.1 Å². The van der Waals surface area contributed by atoms with Gasteiger partial charge in [-0.2, -0.15) is 0 Å². The second kappa shape index (κ2) is 16.1. The Kier molecular flexibility index (Phi) is 14.4. The van der Waals surface area contributed by atoms with E-state index in [-0.39, 0.29) is 4.90 Å². The molecular formula is C28H42ClNO3S. The van der Waals surface area contributed by atoms with Crippen molar-refractivity contribution < 1.29 is 17.5 Å². The molecule has 34 heavy (non-hydrogen) atoms. The van der Waals surface area contributed by atoms with Crippen LogP contribution < -0.4 is 0 Å². The smallest absolute Gasteiger partial charge is 0.124 e. The normalized spacial score (nSPS) is 11.9. The highest BCUT2D eigenvalue weighted by Crippen LogP contribution is 2.13. The highest BCUT2D eigenvalue weighted by atomic mass is 35.5. The third-order valence-corrected chi connectivity index (χ3v) is 7.41. The van der Waals surface area contributed by atoms with E-state index in [0.717, 1.165) is 23.6 Å². The molecule has 2 rings (SSSR count). The molecule has 0 aromatic heterocycles. The third kappa shape index (κ3) is 12.2. The molecule has 0 radical (unpaired) electrons. The largest absolute Gasteiger partial charge is 0.744 e. The Morgan fingerprint density at radius 3 is 1.97 bits per heavy atom. The maximum atomic E-state index is 10.4. The highest BCUT2D eigenvalue weighted by molar-refractivity contribution is 7.85. The molecule has 2 aromatic carbocycles. The van der Waals surface area contributed by atoms with Gasteiger partial charge in [0.25, 0.3) is 0 Å². The molecule has 0 fully saturated rings. The van der Waals surface area contributed by atoms with E-state index >= 15 is 0 Å². The van der Waals surface area contributed by atoms with Crippen molar-refractivity contribution in [2.24, 2.45) is 0 Å². The van der Waals surface area contributed by atoms with Gasteiger partial charge in [-0.1, -0.05) is 73.7 Å². The molecule has 0 bridgehead atoms. The summed E-state index contributed by atoms with van der Waals surface area (Å²) >= 11 is 5.93. The molecular weight excluding hydrogens is 466 g/mol. The molecule has 0 saturated carbocycles. The lowest BCUT2D eigenvalue weighted by Crippen LogP contribution is -2.48. The number of halogens is 1. The van der Waals surface area contributed by atoms with Crippen molar-refractivity contribution >= 4 is 21.7 Å². The second-order valence-electron chi connectivity index (χ2n) is 8.86. The van der Waals surface area contributed by atoms with Crippen molar-refractivity contribution in [1.29, 1.82) is 0 Å². The van der Waals surface area contributed by atoms with Crippen molar-refractivity contribution in [2.75, 3.05) is 26.2 Å². The van der Waals surface area contributed by atoms with Gasteiger partial charge in [-0.3, -0.25) is 0 Å². The Balaban J connectivity index is 0.000000437. The summed E-state index contributed by atoms with van der Waals surface area (Å²) in [7, 11) is -4.27. The first-order valence-corrected chi connectivity index (χ1v) is 14.2. The van der Waals surface area contributed by atoms with E-state index in [9.17, 15) is 13.0 Å². The molecule has 190 valence electrons. The molecule has 2 aromatic rings. The third-order valence-electron chi connectivity index (χ3n) is 6.31. The van der Waals surface area contributed by atoms with Crippen LogP contribution in [0.25, 0.3) is 0 Å². The standard InChI is InChI=1S/C21H35ClN.C7H8O3S/c1-4-7-8-9-11-18-23(5-2,6-3)19-12-10-13-20-14-16-21(22)17-15-20;1-6-2-4-7(5-3-6)11(8,9)10/h10,12,14-17H,4-9,11,13,18-19H2,1-3H3;2-5H,1H3,(H,8,9,10)/q+1;/p-1/b12-10+;. The monoisotopic (exact) mass is 507 g/mol. The molecule has 0 N–H and O–H groups in total. The number of nitrogens with zero attached hydrogens (tertiary/aromatic N) is 1. The molecule has 0 saturated heterocycles. The van der Waals surface area contributed by atoms with Gasteiger partial charge in [0.2, 0.25) is 0 Å². The number of likely N-dealkylation sites (N-methyl/N-ethyl adjacent to an activating group) is 1. The van der Waals surface area contributed by atoms with E-state index in [1.165, 1.54) is 73.9 Å². The minimum absolute atomic E-state index is 0.178. The van der Waals surface area contributed by atoms with E-state index in [2.05, 4.69) is 45.1 Å². The Labute approximate surface area is 213 Å². The predicted molar refractivity (Wildman–Crippen MR) is 143 cm³/mol. The lowest BCUT2D eigenvalue weighted by molar-refractivity contribution is -0.919. The molecule has 6 heteroatoms. The number of hydrogen-bond acceptors (Lipinski definition) is 3. The molecule has 0 unspecified atom stereocenters. The van der Waals surface area contributed by atoms with Gasteiger partial charge in [-0.25, -0.2) is 8.42 Å². The number of unbranched alkanes of at least 4 members (excludes halogenated alkanes) is 4. The average Bonchev–Trinajstić information content (AvgIpc) is 2.82. The van der Waals surface area contributed by atoms with Crippen LogP contribution in [-0.2, 0) is 16.5 Å². The number of quaternary nitrogens is 1. The summed E-state index contributed by atoms with van der Waals surface area (Å²) < 4.78 is 32.4.